The molecule has 1 aromatic carbocycles. The third-order valence-electron chi connectivity index (χ3n) is 3.13. The first-order chi connectivity index (χ1) is 8.09. The van der Waals surface area contributed by atoms with Crippen LogP contribution in [-0.4, -0.2) is 8.80 Å². The highest BCUT2D eigenvalue weighted by Gasteiger charge is 2.13. The molecule has 1 heterocycles. The van der Waals surface area contributed by atoms with Crippen LogP contribution in [0.25, 0.3) is 11.3 Å². The van der Waals surface area contributed by atoms with Crippen molar-refractivity contribution in [2.24, 2.45) is 7.05 Å². The van der Waals surface area contributed by atoms with Gasteiger partial charge in [-0.25, -0.2) is 4.57 Å². The molecule has 0 aliphatic carbocycles. The summed E-state index contributed by atoms with van der Waals surface area (Å²) in [6.45, 7) is 6.82. The van der Waals surface area contributed by atoms with Gasteiger partial charge in [-0.3, -0.25) is 0 Å². The molecule has 1 aromatic heterocycles. The maximum Gasteiger partial charge on any atom is 0.212 e. The van der Waals surface area contributed by atoms with Gasteiger partial charge in [0.1, 0.15) is 7.05 Å². The second-order valence-electron chi connectivity index (χ2n) is 4.73. The van der Waals surface area contributed by atoms with Crippen LogP contribution in [-0.2, 0) is 7.05 Å². The molecule has 87 valence electrons. The molecule has 0 fully saturated rings. The monoisotopic (exact) mass is 241 g/mol. The average molecular weight is 241 g/mol. The quantitative estimate of drug-likeness (QED) is 0.562. The van der Waals surface area contributed by atoms with Crippen molar-refractivity contribution in [1.29, 1.82) is 0 Å². The molecule has 1 radical (unpaired) electrons. The average Bonchev–Trinajstić information content (AvgIpc) is 2.30. The van der Waals surface area contributed by atoms with Crippen LogP contribution in [0, 0.1) is 6.92 Å². The van der Waals surface area contributed by atoms with Gasteiger partial charge in [-0.15, -0.1) is 0 Å². The molecule has 0 spiro atoms. The maximum atomic E-state index is 2.33. The Kier molecular flexibility index (Phi) is 3.43. The summed E-state index contributed by atoms with van der Waals surface area (Å²) < 4.78 is 2.25. The summed E-state index contributed by atoms with van der Waals surface area (Å²) in [4.78, 5) is 0. The molecule has 17 heavy (non-hydrogen) atoms. The Morgan fingerprint density at radius 3 is 2.29 bits per heavy atom. The standard InChI is InChI=1S/C15H19NSi/c1-12-7-5-6-8-14(12)15-10-9-13(17(3)4)11-16(15)2/h5-11H,1-4H3/q+1. The number of aryl methyl sites for hydroxylation is 2. The largest absolute Gasteiger partial charge is 0.212 e. The predicted molar refractivity (Wildman–Crippen MR) is 74.9 cm³/mol. The molecule has 0 aliphatic heterocycles. The Morgan fingerprint density at radius 1 is 1.00 bits per heavy atom. The number of rotatable bonds is 2. The maximum absolute atomic E-state index is 2.33. The molecular weight excluding hydrogens is 222 g/mol. The first-order valence-electron chi connectivity index (χ1n) is 5.96. The van der Waals surface area contributed by atoms with Gasteiger partial charge < -0.3 is 0 Å². The summed E-state index contributed by atoms with van der Waals surface area (Å²) >= 11 is 0. The fourth-order valence-electron chi connectivity index (χ4n) is 2.04. The summed E-state index contributed by atoms with van der Waals surface area (Å²) in [5.41, 5.74) is 3.94. The van der Waals surface area contributed by atoms with Crippen molar-refractivity contribution in [2.45, 2.75) is 20.0 Å². The Balaban J connectivity index is 2.51. The van der Waals surface area contributed by atoms with E-state index in [4.69, 9.17) is 0 Å². The lowest BCUT2D eigenvalue weighted by molar-refractivity contribution is -0.659. The third-order valence-corrected chi connectivity index (χ3v) is 4.58. The van der Waals surface area contributed by atoms with Crippen LogP contribution in [0.4, 0.5) is 0 Å². The molecule has 1 nitrogen and oxygen atoms in total. The van der Waals surface area contributed by atoms with Crippen LogP contribution < -0.4 is 9.75 Å². The summed E-state index contributed by atoms with van der Waals surface area (Å²) in [5.74, 6) is 0. The van der Waals surface area contributed by atoms with Crippen molar-refractivity contribution < 1.29 is 4.57 Å². The second kappa shape index (κ2) is 4.84. The van der Waals surface area contributed by atoms with E-state index in [9.17, 15) is 0 Å². The Labute approximate surface area is 105 Å². The molecule has 2 rings (SSSR count). The zero-order valence-electron chi connectivity index (χ0n) is 11.0. The predicted octanol–water partition coefficient (Wildman–Crippen LogP) is 2.45. The zero-order valence-corrected chi connectivity index (χ0v) is 12.0. The molecule has 0 saturated heterocycles. The lowest BCUT2D eigenvalue weighted by atomic mass is 10.1. The van der Waals surface area contributed by atoms with Gasteiger partial charge in [0.2, 0.25) is 5.69 Å². The first-order valence-corrected chi connectivity index (χ1v) is 8.46. The SMILES string of the molecule is Cc1ccccc1-c1ccc([Si](C)C)c[n+]1C. The summed E-state index contributed by atoms with van der Waals surface area (Å²) in [6, 6.07) is 13.1. The van der Waals surface area contributed by atoms with Crippen molar-refractivity contribution in [3.8, 4) is 11.3 Å². The topological polar surface area (TPSA) is 3.88 Å². The van der Waals surface area contributed by atoms with Crippen LogP contribution in [0.5, 0.6) is 0 Å². The molecule has 0 unspecified atom stereocenters. The van der Waals surface area contributed by atoms with Gasteiger partial charge in [-0.1, -0.05) is 37.4 Å². The number of benzene rings is 1. The minimum atomic E-state index is -0.363. The van der Waals surface area contributed by atoms with Crippen molar-refractivity contribution in [2.75, 3.05) is 0 Å². The summed E-state index contributed by atoms with van der Waals surface area (Å²) in [5, 5.41) is 1.48. The van der Waals surface area contributed by atoms with Crippen molar-refractivity contribution in [3.63, 3.8) is 0 Å². The summed E-state index contributed by atoms with van der Waals surface area (Å²) in [7, 11) is 1.77. The highest BCUT2D eigenvalue weighted by molar-refractivity contribution is 6.70. The van der Waals surface area contributed by atoms with Gasteiger partial charge in [-0.2, -0.15) is 0 Å². The third kappa shape index (κ3) is 2.47. The van der Waals surface area contributed by atoms with Crippen LogP contribution >= 0.6 is 0 Å². The molecule has 2 aromatic rings. The lowest BCUT2D eigenvalue weighted by Crippen LogP contribution is -2.38. The fourth-order valence-corrected chi connectivity index (χ4v) is 2.91. The van der Waals surface area contributed by atoms with Gasteiger partial charge >= 0.3 is 0 Å². The van der Waals surface area contributed by atoms with Gasteiger partial charge in [-0.05, 0) is 18.6 Å². The number of pyridine rings is 1. The van der Waals surface area contributed by atoms with E-state index >= 15 is 0 Å². The number of aromatic nitrogens is 1. The number of hydrogen-bond acceptors (Lipinski definition) is 0. The fraction of sp³-hybridized carbons (Fsp3) is 0.267. The first kappa shape index (κ1) is 12.1. The minimum Gasteiger partial charge on any atom is -0.201 e. The van der Waals surface area contributed by atoms with Crippen molar-refractivity contribution in [1.82, 2.24) is 0 Å². The van der Waals surface area contributed by atoms with Gasteiger partial charge in [0, 0.05) is 16.8 Å². The molecule has 0 amide bonds. The van der Waals surface area contributed by atoms with Crippen molar-refractivity contribution in [3.05, 3.63) is 48.2 Å². The van der Waals surface area contributed by atoms with E-state index < -0.39 is 0 Å². The molecule has 0 aliphatic rings. The Morgan fingerprint density at radius 2 is 1.71 bits per heavy atom. The van der Waals surface area contributed by atoms with Crippen LogP contribution in [0.1, 0.15) is 5.56 Å². The van der Waals surface area contributed by atoms with E-state index in [2.05, 4.69) is 74.2 Å². The highest BCUT2D eigenvalue weighted by Crippen LogP contribution is 2.18. The van der Waals surface area contributed by atoms with Crippen LogP contribution in [0.3, 0.4) is 0 Å². The highest BCUT2D eigenvalue weighted by atomic mass is 28.3. The normalized spacial score (nSPS) is 10.9. The molecule has 2 heteroatoms. The molecular formula is C15H19NSi+. The van der Waals surface area contributed by atoms with E-state index in [1.165, 1.54) is 22.0 Å². The summed E-state index contributed by atoms with van der Waals surface area (Å²) in [6.07, 6.45) is 2.27. The lowest BCUT2D eigenvalue weighted by Gasteiger charge is -2.06. The second-order valence-corrected chi connectivity index (χ2v) is 7.31. The molecule has 0 atom stereocenters. The van der Waals surface area contributed by atoms with Gasteiger partial charge in [0.05, 0.1) is 8.80 Å². The van der Waals surface area contributed by atoms with Crippen LogP contribution in [0.2, 0.25) is 13.1 Å². The zero-order chi connectivity index (χ0) is 12.4. The van der Waals surface area contributed by atoms with E-state index in [0.29, 0.717) is 0 Å². The Hall–Kier alpha value is -1.41. The van der Waals surface area contributed by atoms with Gasteiger partial charge in [0.15, 0.2) is 6.20 Å². The molecule has 0 saturated carbocycles. The smallest absolute Gasteiger partial charge is 0.201 e. The van der Waals surface area contributed by atoms with E-state index in [1.807, 2.05) is 0 Å². The Bertz CT molecular complexity index is 532. The molecule has 0 bridgehead atoms. The van der Waals surface area contributed by atoms with Gasteiger partial charge in [0.25, 0.3) is 0 Å². The van der Waals surface area contributed by atoms with E-state index in [-0.39, 0.29) is 8.80 Å². The minimum absolute atomic E-state index is 0.363. The van der Waals surface area contributed by atoms with E-state index in [0.717, 1.165) is 0 Å². The number of hydrogen-bond donors (Lipinski definition) is 0. The van der Waals surface area contributed by atoms with Crippen molar-refractivity contribution >= 4 is 14.0 Å². The van der Waals surface area contributed by atoms with Crippen LogP contribution in [0.15, 0.2) is 42.6 Å². The molecule has 0 N–H and O–H groups in total. The number of nitrogens with zero attached hydrogens (tertiary/aromatic N) is 1. The van der Waals surface area contributed by atoms with E-state index in [1.54, 1.807) is 0 Å².